The average Bonchev–Trinajstić information content (AvgIpc) is 2.26. The van der Waals surface area contributed by atoms with Crippen LogP contribution in [-0.2, 0) is 4.74 Å². The zero-order chi connectivity index (χ0) is 11.8. The van der Waals surface area contributed by atoms with Gasteiger partial charge in [0.2, 0.25) is 0 Å². The number of methoxy groups -OCH3 is 1. The summed E-state index contributed by atoms with van der Waals surface area (Å²) in [5, 5.41) is 3.35. The van der Waals surface area contributed by atoms with E-state index in [0.717, 1.165) is 6.42 Å². The molecule has 88 valence electrons. The van der Waals surface area contributed by atoms with E-state index in [0.29, 0.717) is 23.7 Å². The molecule has 2 atom stereocenters. The van der Waals surface area contributed by atoms with E-state index < -0.39 is 0 Å². The summed E-state index contributed by atoms with van der Waals surface area (Å²) in [7, 11) is 1.75. The molecule has 0 aromatic carbocycles. The summed E-state index contributed by atoms with van der Waals surface area (Å²) in [5.74, 6) is 0.711. The largest absolute Gasteiger partial charge is 0.394 e. The first-order valence-corrected chi connectivity index (χ1v) is 5.40. The molecule has 1 heterocycles. The van der Waals surface area contributed by atoms with Gasteiger partial charge in [0.05, 0.1) is 18.0 Å². The number of ether oxygens (including phenoxy) is 1. The molecule has 2 unspecified atom stereocenters. The van der Waals surface area contributed by atoms with Crippen molar-refractivity contribution in [3.63, 3.8) is 0 Å². The molecule has 0 bridgehead atoms. The molecule has 0 radical (unpaired) electrons. The Balaban J connectivity index is 2.05. The molecule has 1 aromatic rings. The van der Waals surface area contributed by atoms with Crippen molar-refractivity contribution in [3.05, 3.63) is 12.5 Å². The number of rotatable bonds is 3. The summed E-state index contributed by atoms with van der Waals surface area (Å²) in [6.45, 7) is 4.36. The second-order valence-corrected chi connectivity index (χ2v) is 4.81. The molecule has 1 fully saturated rings. The van der Waals surface area contributed by atoms with Gasteiger partial charge in [0, 0.05) is 18.6 Å². The van der Waals surface area contributed by atoms with Gasteiger partial charge >= 0.3 is 0 Å². The quantitative estimate of drug-likeness (QED) is 0.806. The van der Waals surface area contributed by atoms with Crippen molar-refractivity contribution in [3.8, 4) is 0 Å². The van der Waals surface area contributed by atoms with Crippen LogP contribution in [0.1, 0.15) is 20.3 Å². The van der Waals surface area contributed by atoms with Crippen LogP contribution in [0.5, 0.6) is 0 Å². The Morgan fingerprint density at radius 3 is 2.88 bits per heavy atom. The molecule has 5 nitrogen and oxygen atoms in total. The molecule has 3 N–H and O–H groups in total. The highest BCUT2D eigenvalue weighted by molar-refractivity contribution is 5.59. The Bertz CT molecular complexity index is 380. The third-order valence-electron chi connectivity index (χ3n) is 3.51. The fourth-order valence-corrected chi connectivity index (χ4v) is 2.16. The van der Waals surface area contributed by atoms with Crippen molar-refractivity contribution >= 4 is 11.5 Å². The van der Waals surface area contributed by atoms with Gasteiger partial charge in [-0.15, -0.1) is 0 Å². The predicted octanol–water partition coefficient (Wildman–Crippen LogP) is 1.28. The van der Waals surface area contributed by atoms with Gasteiger partial charge in [-0.25, -0.2) is 9.97 Å². The monoisotopic (exact) mass is 222 g/mol. The Labute approximate surface area is 95.4 Å². The lowest BCUT2D eigenvalue weighted by atomic mass is 9.64. The Hall–Kier alpha value is -1.36. The summed E-state index contributed by atoms with van der Waals surface area (Å²) in [4.78, 5) is 7.99. The van der Waals surface area contributed by atoms with Crippen LogP contribution in [-0.4, -0.2) is 29.2 Å². The first-order valence-electron chi connectivity index (χ1n) is 5.40. The maximum absolute atomic E-state index is 5.78. The maximum atomic E-state index is 5.78. The fraction of sp³-hybridized carbons (Fsp3) is 0.636. The average molecular weight is 222 g/mol. The number of hydrogen-bond donors (Lipinski definition) is 2. The number of hydrogen-bond acceptors (Lipinski definition) is 5. The molecule has 0 spiro atoms. The maximum Gasteiger partial charge on any atom is 0.152 e. The van der Waals surface area contributed by atoms with Gasteiger partial charge in [0.25, 0.3) is 0 Å². The Kier molecular flexibility index (Phi) is 2.71. The Morgan fingerprint density at radius 1 is 1.56 bits per heavy atom. The molecule has 16 heavy (non-hydrogen) atoms. The number of nitrogens with zero attached hydrogens (tertiary/aromatic N) is 2. The molecular weight excluding hydrogens is 204 g/mol. The summed E-state index contributed by atoms with van der Waals surface area (Å²) < 4.78 is 5.40. The lowest BCUT2D eigenvalue weighted by molar-refractivity contribution is -0.0795. The molecule has 1 aliphatic rings. The minimum Gasteiger partial charge on any atom is -0.394 e. The number of anilines is 2. The van der Waals surface area contributed by atoms with Gasteiger partial charge < -0.3 is 15.8 Å². The van der Waals surface area contributed by atoms with Crippen LogP contribution < -0.4 is 11.1 Å². The third-order valence-corrected chi connectivity index (χ3v) is 3.51. The van der Waals surface area contributed by atoms with Crippen LogP contribution in [0.15, 0.2) is 12.5 Å². The second-order valence-electron chi connectivity index (χ2n) is 4.81. The van der Waals surface area contributed by atoms with E-state index in [1.165, 1.54) is 6.33 Å². The molecule has 1 aromatic heterocycles. The number of nitrogen functional groups attached to an aromatic ring is 1. The molecule has 2 rings (SSSR count). The first kappa shape index (κ1) is 11.1. The zero-order valence-corrected chi connectivity index (χ0v) is 9.90. The van der Waals surface area contributed by atoms with E-state index in [4.69, 9.17) is 10.5 Å². The highest BCUT2D eigenvalue weighted by atomic mass is 16.5. The highest BCUT2D eigenvalue weighted by Crippen LogP contribution is 2.44. The van der Waals surface area contributed by atoms with Gasteiger partial charge in [-0.2, -0.15) is 0 Å². The molecule has 5 heteroatoms. The van der Waals surface area contributed by atoms with E-state index in [1.807, 2.05) is 0 Å². The molecule has 1 saturated carbocycles. The van der Waals surface area contributed by atoms with Crippen LogP contribution in [0, 0.1) is 5.41 Å². The highest BCUT2D eigenvalue weighted by Gasteiger charge is 2.48. The smallest absolute Gasteiger partial charge is 0.152 e. The van der Waals surface area contributed by atoms with Gasteiger partial charge in [0.15, 0.2) is 5.82 Å². The minimum atomic E-state index is 0.103. The van der Waals surface area contributed by atoms with Gasteiger partial charge in [-0.3, -0.25) is 0 Å². The van der Waals surface area contributed by atoms with Crippen LogP contribution in [0.25, 0.3) is 0 Å². The summed E-state index contributed by atoms with van der Waals surface area (Å²) in [6, 6.07) is 0.342. The SMILES string of the molecule is COC1CC(Nc2ncncc2N)C1(C)C. The Morgan fingerprint density at radius 2 is 2.31 bits per heavy atom. The third kappa shape index (κ3) is 1.71. The van der Waals surface area contributed by atoms with E-state index in [-0.39, 0.29) is 5.41 Å². The first-order chi connectivity index (χ1) is 7.55. The van der Waals surface area contributed by atoms with Crippen molar-refractivity contribution in [2.45, 2.75) is 32.4 Å². The van der Waals surface area contributed by atoms with Crippen molar-refractivity contribution in [1.29, 1.82) is 0 Å². The molecule has 0 amide bonds. The zero-order valence-electron chi connectivity index (χ0n) is 9.90. The van der Waals surface area contributed by atoms with Crippen LogP contribution in [0.2, 0.25) is 0 Å². The van der Waals surface area contributed by atoms with Gasteiger partial charge in [-0.05, 0) is 6.42 Å². The summed E-state index contributed by atoms with van der Waals surface area (Å²) in [5.41, 5.74) is 6.47. The van der Waals surface area contributed by atoms with Crippen molar-refractivity contribution in [1.82, 2.24) is 9.97 Å². The lowest BCUT2D eigenvalue weighted by Gasteiger charge is -2.51. The van der Waals surface area contributed by atoms with Crippen LogP contribution in [0.3, 0.4) is 0 Å². The van der Waals surface area contributed by atoms with Crippen molar-refractivity contribution in [2.75, 3.05) is 18.2 Å². The summed E-state index contributed by atoms with van der Waals surface area (Å²) in [6.07, 6.45) is 4.38. The van der Waals surface area contributed by atoms with Crippen molar-refractivity contribution in [2.24, 2.45) is 5.41 Å². The van der Waals surface area contributed by atoms with E-state index in [2.05, 4.69) is 29.1 Å². The van der Waals surface area contributed by atoms with E-state index in [9.17, 15) is 0 Å². The molecule has 0 aliphatic heterocycles. The second kappa shape index (κ2) is 3.90. The fourth-order valence-electron chi connectivity index (χ4n) is 2.16. The van der Waals surface area contributed by atoms with Gasteiger partial charge in [0.1, 0.15) is 6.33 Å². The summed E-state index contributed by atoms with van der Waals surface area (Å²) >= 11 is 0. The number of aromatic nitrogens is 2. The number of nitrogens with two attached hydrogens (primary N) is 1. The van der Waals surface area contributed by atoms with Gasteiger partial charge in [-0.1, -0.05) is 13.8 Å². The predicted molar refractivity (Wildman–Crippen MR) is 63.1 cm³/mol. The number of nitrogens with one attached hydrogen (secondary N) is 1. The topological polar surface area (TPSA) is 73.1 Å². The standard InChI is InChI=1S/C11H18N4O/c1-11(2)8(4-9(11)16-3)15-10-7(12)5-13-6-14-10/h5-6,8-9H,4,12H2,1-3H3,(H,13,14,15). The molecular formula is C11H18N4O. The van der Waals surface area contributed by atoms with Crippen LogP contribution in [0.4, 0.5) is 11.5 Å². The van der Waals surface area contributed by atoms with E-state index >= 15 is 0 Å². The normalized spacial score (nSPS) is 27.2. The lowest BCUT2D eigenvalue weighted by Crippen LogP contribution is -2.57. The van der Waals surface area contributed by atoms with Crippen molar-refractivity contribution < 1.29 is 4.74 Å². The molecule has 0 saturated heterocycles. The van der Waals surface area contributed by atoms with Crippen LogP contribution >= 0.6 is 0 Å². The van der Waals surface area contributed by atoms with E-state index in [1.54, 1.807) is 13.3 Å². The minimum absolute atomic E-state index is 0.103. The molecule has 1 aliphatic carbocycles.